The van der Waals surface area contributed by atoms with Crippen molar-refractivity contribution in [2.24, 2.45) is 23.8 Å². The molecule has 166 valence electrons. The first-order valence-electron chi connectivity index (χ1n) is 10.7. The van der Waals surface area contributed by atoms with Crippen molar-refractivity contribution in [3.63, 3.8) is 0 Å². The van der Waals surface area contributed by atoms with E-state index >= 15 is 0 Å². The van der Waals surface area contributed by atoms with Gasteiger partial charge >= 0.3 is 0 Å². The predicted molar refractivity (Wildman–Crippen MR) is 120 cm³/mol. The molecule has 1 N–H and O–H groups in total. The molecular weight excluding hydrogens is 448 g/mol. The van der Waals surface area contributed by atoms with Crippen molar-refractivity contribution in [3.05, 3.63) is 47.0 Å². The highest BCUT2D eigenvalue weighted by Gasteiger charge is 2.86. The number of pyridine rings is 1. The van der Waals surface area contributed by atoms with Gasteiger partial charge in [0, 0.05) is 31.4 Å². The molecule has 32 heavy (non-hydrogen) atoms. The van der Waals surface area contributed by atoms with Gasteiger partial charge < -0.3 is 4.74 Å². The number of rotatable bonds is 7. The molecule has 0 unspecified atom stereocenters. The van der Waals surface area contributed by atoms with Crippen LogP contribution in [0.3, 0.4) is 0 Å². The molecule has 10 heteroatoms. The van der Waals surface area contributed by atoms with Gasteiger partial charge in [0.2, 0.25) is 5.88 Å². The van der Waals surface area contributed by atoms with Crippen LogP contribution in [0.2, 0.25) is 5.15 Å². The topological polar surface area (TPSA) is 86.9 Å². The van der Waals surface area contributed by atoms with Crippen molar-refractivity contribution in [1.82, 2.24) is 29.3 Å². The SMILES string of the molecule is Cc1nn(C)cc1SNC(=O)c1ccc(-n2ccc(OCC3C4(CC4)C34CC4)n2)nc1Cl. The van der Waals surface area contributed by atoms with E-state index in [9.17, 15) is 4.79 Å². The molecular formula is C22H23ClN6O2S. The number of carbonyl (C=O) groups excluding carboxylic acids is 1. The smallest absolute Gasteiger partial charge is 0.264 e. The quantitative estimate of drug-likeness (QED) is 0.415. The largest absolute Gasteiger partial charge is 0.476 e. The fraction of sp³-hybridized carbons (Fsp3) is 0.455. The summed E-state index contributed by atoms with van der Waals surface area (Å²) in [6.07, 6.45) is 9.13. The van der Waals surface area contributed by atoms with Crippen molar-refractivity contribution in [3.8, 4) is 11.7 Å². The van der Waals surface area contributed by atoms with E-state index in [0.29, 0.717) is 34.0 Å². The minimum Gasteiger partial charge on any atom is -0.476 e. The monoisotopic (exact) mass is 470 g/mol. The number of fused-ring (bicyclic) bond motifs is 1. The summed E-state index contributed by atoms with van der Waals surface area (Å²) in [4.78, 5) is 17.8. The van der Waals surface area contributed by atoms with Gasteiger partial charge in [-0.2, -0.15) is 5.10 Å². The lowest BCUT2D eigenvalue weighted by Crippen LogP contribution is -2.17. The second-order valence-electron chi connectivity index (χ2n) is 9.07. The standard InChI is InChI=1S/C22H23ClN6O2S/c1-13-15(11-28(2)25-13)32-27-20(30)14-3-4-17(24-19(14)23)29-10-5-18(26-29)31-12-16-21(6-7-21)22(16)8-9-22/h3-5,10-11,16H,6-9,12H2,1-2H3,(H,27,30). The van der Waals surface area contributed by atoms with E-state index in [-0.39, 0.29) is 11.1 Å². The molecule has 3 aromatic heterocycles. The van der Waals surface area contributed by atoms with Crippen molar-refractivity contribution in [2.75, 3.05) is 6.61 Å². The normalized spacial score (nSPS) is 19.3. The average molecular weight is 471 g/mol. The third-order valence-corrected chi connectivity index (χ3v) is 8.51. The first-order chi connectivity index (χ1) is 15.4. The zero-order valence-electron chi connectivity index (χ0n) is 17.8. The highest BCUT2D eigenvalue weighted by atomic mass is 35.5. The van der Waals surface area contributed by atoms with Crippen LogP contribution in [0.1, 0.15) is 41.7 Å². The summed E-state index contributed by atoms with van der Waals surface area (Å²) in [5, 5.41) is 8.86. The summed E-state index contributed by atoms with van der Waals surface area (Å²) in [6, 6.07) is 5.21. The van der Waals surface area contributed by atoms with Crippen LogP contribution in [0, 0.1) is 23.7 Å². The summed E-state index contributed by atoms with van der Waals surface area (Å²) < 4.78 is 12.1. The Balaban J connectivity index is 1.09. The molecule has 2 spiro atoms. The molecule has 1 amide bonds. The van der Waals surface area contributed by atoms with E-state index in [0.717, 1.165) is 17.2 Å². The first kappa shape index (κ1) is 20.1. The van der Waals surface area contributed by atoms with Crippen LogP contribution in [0.4, 0.5) is 0 Å². The van der Waals surface area contributed by atoms with E-state index in [1.165, 1.54) is 37.6 Å². The van der Waals surface area contributed by atoms with Crippen LogP contribution < -0.4 is 9.46 Å². The predicted octanol–water partition coefficient (Wildman–Crippen LogP) is 3.97. The molecule has 8 nitrogen and oxygen atoms in total. The summed E-state index contributed by atoms with van der Waals surface area (Å²) in [5.74, 6) is 1.51. The second kappa shape index (κ2) is 6.99. The number of carbonyl (C=O) groups is 1. The second-order valence-corrected chi connectivity index (χ2v) is 10.3. The molecule has 0 aromatic carbocycles. The molecule has 0 aliphatic heterocycles. The Bertz CT molecular complexity index is 1210. The van der Waals surface area contributed by atoms with E-state index < -0.39 is 0 Å². The van der Waals surface area contributed by atoms with Gasteiger partial charge in [-0.25, -0.2) is 9.67 Å². The number of nitrogens with zero attached hydrogens (tertiary/aromatic N) is 5. The average Bonchev–Trinajstić information content (AvgIpc) is 3.71. The lowest BCUT2D eigenvalue weighted by molar-refractivity contribution is 0.0984. The molecule has 0 atom stereocenters. The molecule has 3 saturated carbocycles. The minimum absolute atomic E-state index is 0.116. The number of nitrogens with one attached hydrogen (secondary N) is 1. The highest BCUT2D eigenvalue weighted by Crippen LogP contribution is 2.92. The Morgan fingerprint density at radius 3 is 2.62 bits per heavy atom. The minimum atomic E-state index is -0.320. The van der Waals surface area contributed by atoms with Crippen LogP contribution in [-0.4, -0.2) is 37.1 Å². The zero-order chi connectivity index (χ0) is 22.1. The summed E-state index contributed by atoms with van der Waals surface area (Å²) in [5.41, 5.74) is 2.38. The number of halogens is 1. The van der Waals surface area contributed by atoms with Crippen LogP contribution in [0.25, 0.3) is 5.82 Å². The van der Waals surface area contributed by atoms with Gasteiger partial charge in [0.15, 0.2) is 5.82 Å². The molecule has 3 fully saturated rings. The number of aromatic nitrogens is 5. The zero-order valence-corrected chi connectivity index (χ0v) is 19.4. The molecule has 3 aromatic rings. The molecule has 0 saturated heterocycles. The highest BCUT2D eigenvalue weighted by molar-refractivity contribution is 7.98. The maximum Gasteiger partial charge on any atom is 0.264 e. The van der Waals surface area contributed by atoms with Gasteiger partial charge in [-0.05, 0) is 67.5 Å². The third-order valence-electron chi connectivity index (χ3n) is 7.32. The van der Waals surface area contributed by atoms with Crippen molar-refractivity contribution < 1.29 is 9.53 Å². The van der Waals surface area contributed by atoms with Crippen molar-refractivity contribution in [2.45, 2.75) is 37.5 Å². The summed E-state index contributed by atoms with van der Waals surface area (Å²) in [6.45, 7) is 2.64. The van der Waals surface area contributed by atoms with Crippen LogP contribution in [0.15, 0.2) is 35.5 Å². The number of hydrogen-bond acceptors (Lipinski definition) is 6. The number of hydrogen-bond donors (Lipinski definition) is 1. The molecule has 6 rings (SSSR count). The Morgan fingerprint density at radius 1 is 1.25 bits per heavy atom. The summed E-state index contributed by atoms with van der Waals surface area (Å²) in [7, 11) is 1.84. The summed E-state index contributed by atoms with van der Waals surface area (Å²) >= 11 is 7.52. The van der Waals surface area contributed by atoms with Gasteiger partial charge in [-0.1, -0.05) is 11.6 Å². The Labute approximate surface area is 194 Å². The molecule has 0 radical (unpaired) electrons. The van der Waals surface area contributed by atoms with Gasteiger partial charge in [-0.3, -0.25) is 14.2 Å². The Hall–Kier alpha value is -2.52. The van der Waals surface area contributed by atoms with Gasteiger partial charge in [0.05, 0.1) is 22.8 Å². The Kier molecular flexibility index (Phi) is 4.39. The number of ether oxygens (including phenoxy) is 1. The van der Waals surface area contributed by atoms with Gasteiger partial charge in [-0.15, -0.1) is 5.10 Å². The fourth-order valence-corrected chi connectivity index (χ4v) is 6.30. The van der Waals surface area contributed by atoms with Crippen molar-refractivity contribution >= 4 is 29.5 Å². The van der Waals surface area contributed by atoms with Crippen LogP contribution in [0.5, 0.6) is 5.88 Å². The first-order valence-corrected chi connectivity index (χ1v) is 11.9. The maximum atomic E-state index is 12.6. The lowest BCUT2D eigenvalue weighted by Gasteiger charge is -2.07. The van der Waals surface area contributed by atoms with Crippen molar-refractivity contribution in [1.29, 1.82) is 0 Å². The molecule has 3 aliphatic carbocycles. The van der Waals surface area contributed by atoms with Gasteiger partial charge in [0.1, 0.15) is 5.15 Å². The van der Waals surface area contributed by atoms with Crippen LogP contribution >= 0.6 is 23.5 Å². The van der Waals surface area contributed by atoms with Crippen LogP contribution in [-0.2, 0) is 7.05 Å². The van der Waals surface area contributed by atoms with Gasteiger partial charge in [0.25, 0.3) is 5.91 Å². The van der Waals surface area contributed by atoms with E-state index in [1.54, 1.807) is 27.7 Å². The molecule has 3 aliphatic rings. The van der Waals surface area contributed by atoms with E-state index in [2.05, 4.69) is 19.9 Å². The van der Waals surface area contributed by atoms with E-state index in [4.69, 9.17) is 16.3 Å². The maximum absolute atomic E-state index is 12.6. The number of amides is 1. The lowest BCUT2D eigenvalue weighted by atomic mass is 10.3. The van der Waals surface area contributed by atoms with E-state index in [1.807, 2.05) is 26.2 Å². The number of aryl methyl sites for hydroxylation is 2. The molecule has 3 heterocycles. The fourth-order valence-electron chi connectivity index (χ4n) is 5.36. The Morgan fingerprint density at radius 2 is 2.00 bits per heavy atom. The molecule has 0 bridgehead atoms. The third kappa shape index (κ3) is 3.13.